The van der Waals surface area contributed by atoms with Crippen LogP contribution in [0, 0.1) is 12.8 Å². The Labute approximate surface area is 265 Å². The molecule has 41 heavy (non-hydrogen) atoms. The number of para-hydroxylation sites is 1. The van der Waals surface area contributed by atoms with E-state index in [4.69, 9.17) is 5.73 Å². The van der Waals surface area contributed by atoms with Crippen molar-refractivity contribution in [2.45, 2.75) is 65.0 Å². The van der Waals surface area contributed by atoms with Crippen molar-refractivity contribution in [2.24, 2.45) is 5.92 Å². The summed E-state index contributed by atoms with van der Waals surface area (Å²) in [6.45, 7) is 8.52. The molecule has 0 aliphatic carbocycles. The average Bonchev–Trinajstić information content (AvgIpc) is 3.14. The molecule has 2 N–H and O–H groups in total. The number of halogens is 3. The molecule has 0 saturated carbocycles. The predicted octanol–water partition coefficient (Wildman–Crippen LogP) is 7.71. The van der Waals surface area contributed by atoms with Crippen molar-refractivity contribution in [1.82, 2.24) is 9.80 Å². The zero-order valence-corrected chi connectivity index (χ0v) is 26.7. The molecular formula is C34H46Cl3N3O. The van der Waals surface area contributed by atoms with Crippen molar-refractivity contribution >= 4 is 48.7 Å². The summed E-state index contributed by atoms with van der Waals surface area (Å²) in [7, 11) is 0. The van der Waals surface area contributed by atoms with Gasteiger partial charge in [0.1, 0.15) is 0 Å². The molecule has 2 aliphatic rings. The molecule has 2 heterocycles. The van der Waals surface area contributed by atoms with Gasteiger partial charge in [0, 0.05) is 43.9 Å². The van der Waals surface area contributed by atoms with Crippen molar-refractivity contribution < 1.29 is 4.79 Å². The van der Waals surface area contributed by atoms with Crippen molar-refractivity contribution in [3.05, 3.63) is 100 Å². The first kappa shape index (κ1) is 35.1. The van der Waals surface area contributed by atoms with Crippen LogP contribution in [0.4, 0.5) is 5.69 Å². The number of piperidine rings is 1. The fourth-order valence-electron chi connectivity index (χ4n) is 6.18. The zero-order chi connectivity index (χ0) is 26.3. The number of rotatable bonds is 9. The SMILES string of the molecule is Cc1ccccc1CN1CCc2ccc(C(=O)CCCC3CCN(Cc4ccccc4N)CC3)cc2CC1.Cl.Cl.Cl. The van der Waals surface area contributed by atoms with E-state index in [2.05, 4.69) is 71.3 Å². The second kappa shape index (κ2) is 17.1. The van der Waals surface area contributed by atoms with E-state index in [1.165, 1.54) is 40.7 Å². The van der Waals surface area contributed by atoms with Gasteiger partial charge in [-0.2, -0.15) is 0 Å². The lowest BCUT2D eigenvalue weighted by Gasteiger charge is -2.32. The summed E-state index contributed by atoms with van der Waals surface area (Å²) in [5.41, 5.74) is 14.7. The second-order valence-electron chi connectivity index (χ2n) is 11.4. The Hall–Kier alpha value is -2.08. The van der Waals surface area contributed by atoms with E-state index in [1.54, 1.807) is 0 Å². The van der Waals surface area contributed by atoms with Crippen LogP contribution in [-0.4, -0.2) is 41.8 Å². The maximum absolute atomic E-state index is 13.1. The minimum Gasteiger partial charge on any atom is -0.398 e. The number of likely N-dealkylation sites (tertiary alicyclic amines) is 1. The van der Waals surface area contributed by atoms with E-state index >= 15 is 0 Å². The number of Topliss-reactive ketones (excluding diaryl/α,β-unsaturated/α-hetero) is 1. The molecule has 0 radical (unpaired) electrons. The fourth-order valence-corrected chi connectivity index (χ4v) is 6.18. The maximum atomic E-state index is 13.1. The van der Waals surface area contributed by atoms with Gasteiger partial charge in [0.15, 0.2) is 5.78 Å². The summed E-state index contributed by atoms with van der Waals surface area (Å²) in [4.78, 5) is 18.1. The third-order valence-electron chi connectivity index (χ3n) is 8.75. The summed E-state index contributed by atoms with van der Waals surface area (Å²) >= 11 is 0. The Bertz CT molecular complexity index is 1240. The molecule has 3 aromatic carbocycles. The van der Waals surface area contributed by atoms with Crippen LogP contribution in [0.1, 0.15) is 70.3 Å². The fraction of sp³-hybridized carbons (Fsp3) is 0.441. The Morgan fingerprint density at radius 3 is 2.10 bits per heavy atom. The van der Waals surface area contributed by atoms with Crippen LogP contribution in [-0.2, 0) is 25.9 Å². The summed E-state index contributed by atoms with van der Waals surface area (Å²) < 4.78 is 0. The summed E-state index contributed by atoms with van der Waals surface area (Å²) in [6, 6.07) is 23.4. The molecule has 4 nitrogen and oxygen atoms in total. The van der Waals surface area contributed by atoms with E-state index in [9.17, 15) is 4.79 Å². The van der Waals surface area contributed by atoms with E-state index < -0.39 is 0 Å². The van der Waals surface area contributed by atoms with Gasteiger partial charge < -0.3 is 5.73 Å². The van der Waals surface area contributed by atoms with Crippen molar-refractivity contribution in [2.75, 3.05) is 31.9 Å². The summed E-state index contributed by atoms with van der Waals surface area (Å²) in [5.74, 6) is 1.05. The monoisotopic (exact) mass is 617 g/mol. The number of aryl methyl sites for hydroxylation is 1. The largest absolute Gasteiger partial charge is 0.398 e. The van der Waals surface area contributed by atoms with Crippen LogP contribution in [0.3, 0.4) is 0 Å². The summed E-state index contributed by atoms with van der Waals surface area (Å²) in [6.07, 6.45) is 7.35. The first-order valence-electron chi connectivity index (χ1n) is 14.5. The molecule has 1 saturated heterocycles. The van der Waals surface area contributed by atoms with Gasteiger partial charge in [0.2, 0.25) is 0 Å². The first-order valence-corrected chi connectivity index (χ1v) is 14.5. The van der Waals surface area contributed by atoms with Crippen molar-refractivity contribution in [1.29, 1.82) is 0 Å². The van der Waals surface area contributed by atoms with E-state index in [-0.39, 0.29) is 37.2 Å². The van der Waals surface area contributed by atoms with E-state index in [0.29, 0.717) is 12.2 Å². The number of benzene rings is 3. The Morgan fingerprint density at radius 2 is 1.39 bits per heavy atom. The number of ketones is 1. The lowest BCUT2D eigenvalue weighted by atomic mass is 9.90. The highest BCUT2D eigenvalue weighted by Crippen LogP contribution is 2.26. The quantitative estimate of drug-likeness (QED) is 0.197. The number of carbonyl (C=O) groups is 1. The van der Waals surface area contributed by atoms with Gasteiger partial charge in [0.05, 0.1) is 0 Å². The standard InChI is InChI=1S/C34H43N3O.3ClH/c1-26-7-2-3-9-31(26)24-37-21-17-28-13-14-30(23-29(28)18-22-37)34(38)12-6-8-27-15-19-36(20-16-27)25-32-10-4-5-11-33(32)35;;;/h2-5,7,9-11,13-14,23,27H,6,8,12,15-22,24-25,35H2,1H3;3*1H. The van der Waals surface area contributed by atoms with Gasteiger partial charge in [0.25, 0.3) is 0 Å². The third kappa shape index (κ3) is 9.73. The van der Waals surface area contributed by atoms with Crippen LogP contribution in [0.5, 0.6) is 0 Å². The molecule has 0 atom stereocenters. The number of carbonyl (C=O) groups excluding carboxylic acids is 1. The lowest BCUT2D eigenvalue weighted by Crippen LogP contribution is -2.33. The van der Waals surface area contributed by atoms with Crippen LogP contribution in [0.2, 0.25) is 0 Å². The predicted molar refractivity (Wildman–Crippen MR) is 179 cm³/mol. The first-order chi connectivity index (χ1) is 18.5. The maximum Gasteiger partial charge on any atom is 0.162 e. The van der Waals surface area contributed by atoms with Crippen LogP contribution in [0.15, 0.2) is 66.7 Å². The highest BCUT2D eigenvalue weighted by atomic mass is 35.5. The molecule has 0 bridgehead atoms. The van der Waals surface area contributed by atoms with Crippen LogP contribution < -0.4 is 5.73 Å². The van der Waals surface area contributed by atoms with Gasteiger partial charge in [-0.15, -0.1) is 37.2 Å². The van der Waals surface area contributed by atoms with E-state index in [0.717, 1.165) is 82.1 Å². The summed E-state index contributed by atoms with van der Waals surface area (Å²) in [5, 5.41) is 0. The molecule has 3 aromatic rings. The average molecular weight is 619 g/mol. The number of fused-ring (bicyclic) bond motifs is 1. The van der Waals surface area contributed by atoms with Gasteiger partial charge >= 0.3 is 0 Å². The Balaban J connectivity index is 0.00000196. The van der Waals surface area contributed by atoms with Crippen LogP contribution in [0.25, 0.3) is 0 Å². The van der Waals surface area contributed by atoms with Gasteiger partial charge in [-0.05, 0) is 104 Å². The highest BCUT2D eigenvalue weighted by Gasteiger charge is 2.21. The van der Waals surface area contributed by atoms with Gasteiger partial charge in [-0.25, -0.2) is 0 Å². The molecule has 224 valence electrons. The number of anilines is 1. The molecule has 0 spiro atoms. The molecule has 0 aromatic heterocycles. The number of nitrogens with two attached hydrogens (primary N) is 1. The van der Waals surface area contributed by atoms with E-state index in [1.807, 2.05) is 12.1 Å². The third-order valence-corrected chi connectivity index (χ3v) is 8.75. The minimum atomic E-state index is 0. The van der Waals surface area contributed by atoms with Crippen LogP contribution >= 0.6 is 37.2 Å². The van der Waals surface area contributed by atoms with Gasteiger partial charge in [-0.1, -0.05) is 54.6 Å². The number of nitrogen functional groups attached to an aromatic ring is 1. The zero-order valence-electron chi connectivity index (χ0n) is 24.2. The van der Waals surface area contributed by atoms with Crippen molar-refractivity contribution in [3.8, 4) is 0 Å². The topological polar surface area (TPSA) is 49.6 Å². The molecule has 0 unspecified atom stereocenters. The lowest BCUT2D eigenvalue weighted by molar-refractivity contribution is 0.0974. The normalized spacial score (nSPS) is 15.9. The van der Waals surface area contributed by atoms with Gasteiger partial charge in [-0.3, -0.25) is 14.6 Å². The van der Waals surface area contributed by atoms with Crippen molar-refractivity contribution in [3.63, 3.8) is 0 Å². The second-order valence-corrected chi connectivity index (χ2v) is 11.4. The molecular weight excluding hydrogens is 573 g/mol. The molecule has 2 aliphatic heterocycles. The molecule has 1 fully saturated rings. The molecule has 5 rings (SSSR count). The Morgan fingerprint density at radius 1 is 0.780 bits per heavy atom. The molecule has 7 heteroatoms. The number of nitrogens with zero attached hydrogens (tertiary/aromatic N) is 2. The smallest absolute Gasteiger partial charge is 0.162 e. The number of hydrogen-bond donors (Lipinski definition) is 1. The number of hydrogen-bond acceptors (Lipinski definition) is 4. The minimum absolute atomic E-state index is 0. The highest BCUT2D eigenvalue weighted by molar-refractivity contribution is 5.96. The molecule has 0 amide bonds. The Kier molecular flexibility index (Phi) is 14.7.